The highest BCUT2D eigenvalue weighted by Crippen LogP contribution is 2.21. The minimum absolute atomic E-state index is 0.0294. The van der Waals surface area contributed by atoms with E-state index in [2.05, 4.69) is 15.2 Å². The van der Waals surface area contributed by atoms with Crippen molar-refractivity contribution in [2.24, 2.45) is 17.9 Å². The molecule has 1 fully saturated rings. The Kier molecular flexibility index (Phi) is 4.26. The normalized spacial score (nSPS) is 17.1. The summed E-state index contributed by atoms with van der Waals surface area (Å²) in [5.41, 5.74) is 6.91. The molecule has 7 nitrogen and oxygen atoms in total. The van der Waals surface area contributed by atoms with E-state index in [0.717, 1.165) is 19.6 Å². The lowest BCUT2D eigenvalue weighted by Gasteiger charge is -2.15. The first-order chi connectivity index (χ1) is 9.13. The Balaban J connectivity index is 2.02. The molecule has 19 heavy (non-hydrogen) atoms. The van der Waals surface area contributed by atoms with Crippen LogP contribution in [0.4, 0.5) is 0 Å². The van der Waals surface area contributed by atoms with Crippen LogP contribution < -0.4 is 10.5 Å². The first kappa shape index (κ1) is 13.7. The van der Waals surface area contributed by atoms with Crippen LogP contribution in [0.3, 0.4) is 0 Å². The summed E-state index contributed by atoms with van der Waals surface area (Å²) in [7, 11) is 1.78. The molecule has 1 aromatic heterocycles. The number of aryl methyl sites for hydroxylation is 2. The molecule has 0 atom stereocenters. The molecule has 0 aromatic carbocycles. The number of aromatic nitrogens is 2. The molecule has 3 N–H and O–H groups in total. The average molecular weight is 267 g/mol. The Morgan fingerprint density at radius 1 is 1.47 bits per heavy atom. The van der Waals surface area contributed by atoms with Gasteiger partial charge in [0.1, 0.15) is 12.2 Å². The number of rotatable bonds is 5. The molecule has 0 radical (unpaired) electrons. The molecule has 0 saturated carbocycles. The fourth-order valence-electron chi connectivity index (χ4n) is 2.43. The monoisotopic (exact) mass is 267 g/mol. The molecule has 0 bridgehead atoms. The Bertz CT molecular complexity index is 463. The van der Waals surface area contributed by atoms with E-state index in [1.807, 2.05) is 0 Å². The van der Waals surface area contributed by atoms with Crippen molar-refractivity contribution in [1.29, 1.82) is 0 Å². The molecule has 0 aliphatic carbocycles. The van der Waals surface area contributed by atoms with E-state index in [1.165, 1.54) is 12.8 Å². The van der Waals surface area contributed by atoms with Crippen molar-refractivity contribution >= 4 is 5.84 Å². The lowest BCUT2D eigenvalue weighted by molar-refractivity contribution is 0.224. The highest BCUT2D eigenvalue weighted by molar-refractivity contribution is 6.00. The molecule has 0 spiro atoms. The van der Waals surface area contributed by atoms with Crippen LogP contribution in [0, 0.1) is 6.92 Å². The van der Waals surface area contributed by atoms with Crippen LogP contribution in [0.1, 0.15) is 24.1 Å². The highest BCUT2D eigenvalue weighted by Gasteiger charge is 2.19. The Hall–Kier alpha value is -1.76. The predicted molar refractivity (Wildman–Crippen MR) is 71.6 cm³/mol. The van der Waals surface area contributed by atoms with Gasteiger partial charge in [-0.1, -0.05) is 5.16 Å². The van der Waals surface area contributed by atoms with Crippen LogP contribution in [0.2, 0.25) is 0 Å². The van der Waals surface area contributed by atoms with Gasteiger partial charge < -0.3 is 15.7 Å². The summed E-state index contributed by atoms with van der Waals surface area (Å²) in [4.78, 5) is 2.37. The van der Waals surface area contributed by atoms with Gasteiger partial charge in [-0.2, -0.15) is 5.10 Å². The summed E-state index contributed by atoms with van der Waals surface area (Å²) in [6.07, 6.45) is 2.53. The number of hydrogen-bond donors (Lipinski definition) is 2. The van der Waals surface area contributed by atoms with Crippen LogP contribution in [-0.4, -0.2) is 52.0 Å². The molecule has 0 amide bonds. The van der Waals surface area contributed by atoms with Gasteiger partial charge in [-0.05, 0) is 32.9 Å². The van der Waals surface area contributed by atoms with Gasteiger partial charge in [0.25, 0.3) is 0 Å². The van der Waals surface area contributed by atoms with Crippen LogP contribution in [-0.2, 0) is 7.05 Å². The van der Waals surface area contributed by atoms with Gasteiger partial charge in [0.05, 0.1) is 5.69 Å². The van der Waals surface area contributed by atoms with E-state index >= 15 is 0 Å². The van der Waals surface area contributed by atoms with Crippen molar-refractivity contribution in [1.82, 2.24) is 14.7 Å². The molecule has 1 saturated heterocycles. The number of nitrogens with two attached hydrogens (primary N) is 1. The number of ether oxygens (including phenoxy) is 1. The summed E-state index contributed by atoms with van der Waals surface area (Å²) in [6.45, 7) is 5.55. The van der Waals surface area contributed by atoms with Crippen LogP contribution in [0.25, 0.3) is 0 Å². The second-order valence-electron chi connectivity index (χ2n) is 4.77. The smallest absolute Gasteiger partial charge is 0.223 e. The number of amidine groups is 1. The summed E-state index contributed by atoms with van der Waals surface area (Å²) < 4.78 is 7.38. The van der Waals surface area contributed by atoms with Gasteiger partial charge in [-0.25, -0.2) is 4.68 Å². The Morgan fingerprint density at radius 3 is 2.79 bits per heavy atom. The second kappa shape index (κ2) is 5.92. The van der Waals surface area contributed by atoms with Gasteiger partial charge in [0.2, 0.25) is 5.88 Å². The lowest BCUT2D eigenvalue weighted by atomic mass is 10.2. The molecule has 1 aromatic rings. The molecule has 2 heterocycles. The minimum Gasteiger partial charge on any atom is -0.476 e. The van der Waals surface area contributed by atoms with Crippen molar-refractivity contribution in [3.63, 3.8) is 0 Å². The fourth-order valence-corrected chi connectivity index (χ4v) is 2.43. The zero-order valence-electron chi connectivity index (χ0n) is 11.5. The maximum atomic E-state index is 8.81. The predicted octanol–water partition coefficient (Wildman–Crippen LogP) is 0.298. The molecule has 2 rings (SSSR count). The molecular weight excluding hydrogens is 246 g/mol. The highest BCUT2D eigenvalue weighted by atomic mass is 16.5. The molecule has 1 aliphatic rings. The van der Waals surface area contributed by atoms with Gasteiger partial charge in [-0.3, -0.25) is 4.90 Å². The number of likely N-dealkylation sites (tertiary alicyclic amines) is 1. The lowest BCUT2D eigenvalue weighted by Crippen LogP contribution is -2.26. The van der Waals surface area contributed by atoms with Crippen molar-refractivity contribution in [2.75, 3.05) is 26.2 Å². The van der Waals surface area contributed by atoms with Gasteiger partial charge in [0.15, 0.2) is 5.84 Å². The van der Waals surface area contributed by atoms with Gasteiger partial charge >= 0.3 is 0 Å². The van der Waals surface area contributed by atoms with Crippen molar-refractivity contribution in [3.8, 4) is 5.88 Å². The second-order valence-corrected chi connectivity index (χ2v) is 4.77. The van der Waals surface area contributed by atoms with Crippen LogP contribution in [0.5, 0.6) is 5.88 Å². The largest absolute Gasteiger partial charge is 0.476 e. The molecule has 1 aliphatic heterocycles. The summed E-state index contributed by atoms with van der Waals surface area (Å²) in [6, 6.07) is 0. The molecular formula is C12H21N5O2. The SMILES string of the molecule is Cc1nn(C)c(OCCN2CCCC2)c1C(N)=NO. The zero-order valence-corrected chi connectivity index (χ0v) is 11.5. The molecule has 106 valence electrons. The quantitative estimate of drug-likeness (QED) is 0.346. The number of nitrogens with zero attached hydrogens (tertiary/aromatic N) is 4. The standard InChI is InChI=1S/C12H21N5O2/c1-9-10(11(13)15-18)12(16(2)14-9)19-8-7-17-5-3-4-6-17/h18H,3-8H2,1-2H3,(H2,13,15). The zero-order chi connectivity index (χ0) is 13.8. The molecule has 0 unspecified atom stereocenters. The van der Waals surface area contributed by atoms with E-state index in [1.54, 1.807) is 18.7 Å². The summed E-state index contributed by atoms with van der Waals surface area (Å²) >= 11 is 0. The van der Waals surface area contributed by atoms with Crippen molar-refractivity contribution in [3.05, 3.63) is 11.3 Å². The number of oxime groups is 1. The van der Waals surface area contributed by atoms with Gasteiger partial charge in [-0.15, -0.1) is 0 Å². The van der Waals surface area contributed by atoms with E-state index in [-0.39, 0.29) is 5.84 Å². The third-order valence-corrected chi connectivity index (χ3v) is 3.38. The summed E-state index contributed by atoms with van der Waals surface area (Å²) in [5.74, 6) is 0.578. The first-order valence-corrected chi connectivity index (χ1v) is 6.50. The average Bonchev–Trinajstić information content (AvgIpc) is 2.98. The van der Waals surface area contributed by atoms with Crippen LogP contribution in [0.15, 0.2) is 5.16 Å². The minimum atomic E-state index is 0.0294. The van der Waals surface area contributed by atoms with Crippen LogP contribution >= 0.6 is 0 Å². The third kappa shape index (κ3) is 2.98. The third-order valence-electron chi connectivity index (χ3n) is 3.38. The Morgan fingerprint density at radius 2 is 2.16 bits per heavy atom. The van der Waals surface area contributed by atoms with Crippen molar-refractivity contribution in [2.45, 2.75) is 19.8 Å². The van der Waals surface area contributed by atoms with Gasteiger partial charge in [0, 0.05) is 13.6 Å². The van der Waals surface area contributed by atoms with Crippen molar-refractivity contribution < 1.29 is 9.94 Å². The van der Waals surface area contributed by atoms with E-state index in [4.69, 9.17) is 15.7 Å². The fraction of sp³-hybridized carbons (Fsp3) is 0.667. The summed E-state index contributed by atoms with van der Waals surface area (Å²) in [5, 5.41) is 16.1. The maximum absolute atomic E-state index is 8.81. The topological polar surface area (TPSA) is 88.9 Å². The van der Waals surface area contributed by atoms with E-state index < -0.39 is 0 Å². The molecule has 7 heteroatoms. The Labute approximate surface area is 112 Å². The van der Waals surface area contributed by atoms with E-state index in [0.29, 0.717) is 23.7 Å². The first-order valence-electron chi connectivity index (χ1n) is 6.50. The maximum Gasteiger partial charge on any atom is 0.223 e. The van der Waals surface area contributed by atoms with E-state index in [9.17, 15) is 0 Å². The number of hydrogen-bond acceptors (Lipinski definition) is 5.